The summed E-state index contributed by atoms with van der Waals surface area (Å²) in [5, 5.41) is 5.77. The lowest BCUT2D eigenvalue weighted by molar-refractivity contribution is 0.0601. The monoisotopic (exact) mass is 648 g/mol. The van der Waals surface area contributed by atoms with Gasteiger partial charge in [0.05, 0.1) is 35.7 Å². The Morgan fingerprint density at radius 3 is 2.12 bits per heavy atom. The third kappa shape index (κ3) is 9.22. The van der Waals surface area contributed by atoms with Crippen molar-refractivity contribution < 1.29 is 28.6 Å². The molecule has 1 aliphatic heterocycles. The number of alkyl carbamates (subject to hydrolysis) is 1. The molecule has 0 aromatic heterocycles. The standard InChI is InChI=1S/C38H40N4O6/c1-27(39-38(45)48-26-29-16-8-4-9-17-29)35(42-22-12-5-13-23-42)40-33-19-11-10-18-31(33)36(43)41-34-21-20-30(24-32(34)37(44)46-2)47-25-28-14-6-3-7-15-28/h3-4,6-11,14-21,24,27H,5,12-13,22-23,25-26H2,1-2H3,(H,39,45)(H,41,43)/t27-/m0/s1. The third-order valence-corrected chi connectivity index (χ3v) is 7.89. The van der Waals surface area contributed by atoms with E-state index in [1.54, 1.807) is 42.5 Å². The van der Waals surface area contributed by atoms with Crippen molar-refractivity contribution in [1.29, 1.82) is 0 Å². The second-order valence-electron chi connectivity index (χ2n) is 11.4. The van der Waals surface area contributed by atoms with Gasteiger partial charge in [-0.15, -0.1) is 0 Å². The number of rotatable bonds is 11. The highest BCUT2D eigenvalue weighted by Gasteiger charge is 2.24. The highest BCUT2D eigenvalue weighted by atomic mass is 16.5. The SMILES string of the molecule is COC(=O)c1cc(OCc2ccccc2)ccc1NC(=O)c1ccccc1N=C([C@H](C)NC(=O)OCc1ccccc1)N1CCCCC1. The molecule has 5 rings (SSSR count). The fourth-order valence-corrected chi connectivity index (χ4v) is 5.39. The maximum absolute atomic E-state index is 13.8. The summed E-state index contributed by atoms with van der Waals surface area (Å²) in [5.41, 5.74) is 3.00. The number of ether oxygens (including phenoxy) is 3. The molecule has 0 aliphatic carbocycles. The predicted molar refractivity (Wildman–Crippen MR) is 185 cm³/mol. The van der Waals surface area contributed by atoms with Crippen LogP contribution >= 0.6 is 0 Å². The first-order valence-corrected chi connectivity index (χ1v) is 16.0. The van der Waals surface area contributed by atoms with Gasteiger partial charge < -0.3 is 29.7 Å². The predicted octanol–water partition coefficient (Wildman–Crippen LogP) is 7.14. The summed E-state index contributed by atoms with van der Waals surface area (Å²) in [6.45, 7) is 3.87. The van der Waals surface area contributed by atoms with Crippen LogP contribution in [0, 0.1) is 0 Å². The lowest BCUT2D eigenvalue weighted by Gasteiger charge is -2.33. The number of nitrogens with one attached hydrogen (secondary N) is 2. The highest BCUT2D eigenvalue weighted by Crippen LogP contribution is 2.27. The van der Waals surface area contributed by atoms with Gasteiger partial charge in [0.15, 0.2) is 0 Å². The van der Waals surface area contributed by atoms with Crippen molar-refractivity contribution in [1.82, 2.24) is 10.2 Å². The van der Waals surface area contributed by atoms with Crippen molar-refractivity contribution in [3.8, 4) is 5.75 Å². The van der Waals surface area contributed by atoms with Crippen molar-refractivity contribution in [2.24, 2.45) is 4.99 Å². The number of para-hydroxylation sites is 1. The number of hydrogen-bond acceptors (Lipinski definition) is 7. The molecule has 1 fully saturated rings. The van der Waals surface area contributed by atoms with Crippen molar-refractivity contribution in [3.05, 3.63) is 125 Å². The number of aliphatic imine (C=N–C) groups is 1. The smallest absolute Gasteiger partial charge is 0.408 e. The molecule has 0 spiro atoms. The fraction of sp³-hybridized carbons (Fsp3) is 0.263. The zero-order chi connectivity index (χ0) is 33.7. The number of anilines is 1. The van der Waals surface area contributed by atoms with Crippen LogP contribution in [0.15, 0.2) is 108 Å². The molecule has 1 aliphatic rings. The first kappa shape index (κ1) is 33.7. The van der Waals surface area contributed by atoms with E-state index in [9.17, 15) is 14.4 Å². The zero-order valence-electron chi connectivity index (χ0n) is 27.2. The van der Waals surface area contributed by atoms with Gasteiger partial charge >= 0.3 is 12.1 Å². The van der Waals surface area contributed by atoms with Crippen LogP contribution in [0.25, 0.3) is 0 Å². The van der Waals surface area contributed by atoms with Crippen LogP contribution in [-0.4, -0.2) is 54.9 Å². The van der Waals surface area contributed by atoms with Gasteiger partial charge in [-0.3, -0.25) is 4.79 Å². The number of nitrogens with zero attached hydrogens (tertiary/aromatic N) is 2. The molecule has 48 heavy (non-hydrogen) atoms. The van der Waals surface area contributed by atoms with Gasteiger partial charge in [-0.05, 0) is 67.6 Å². The summed E-state index contributed by atoms with van der Waals surface area (Å²) in [4.78, 5) is 46.4. The third-order valence-electron chi connectivity index (χ3n) is 7.89. The number of piperidine rings is 1. The Morgan fingerprint density at radius 2 is 1.44 bits per heavy atom. The number of likely N-dealkylation sites (tertiary alicyclic amines) is 1. The van der Waals surface area contributed by atoms with Crippen LogP contribution in [0.3, 0.4) is 0 Å². The number of esters is 1. The van der Waals surface area contributed by atoms with Crippen LogP contribution in [-0.2, 0) is 22.7 Å². The molecule has 1 saturated heterocycles. The van der Waals surface area contributed by atoms with Crippen molar-refractivity contribution in [2.75, 3.05) is 25.5 Å². The van der Waals surface area contributed by atoms with E-state index in [4.69, 9.17) is 19.2 Å². The van der Waals surface area contributed by atoms with E-state index < -0.39 is 24.0 Å². The Hall–Kier alpha value is -5.64. The summed E-state index contributed by atoms with van der Waals surface area (Å²) >= 11 is 0. The average Bonchev–Trinajstić information content (AvgIpc) is 3.13. The van der Waals surface area contributed by atoms with Crippen molar-refractivity contribution >= 4 is 35.2 Å². The normalized spacial score (nSPS) is 13.6. The summed E-state index contributed by atoms with van der Waals surface area (Å²) in [6.07, 6.45) is 2.54. The maximum Gasteiger partial charge on any atom is 0.408 e. The first-order chi connectivity index (χ1) is 23.4. The summed E-state index contributed by atoms with van der Waals surface area (Å²) in [5.74, 6) is 0.00511. The Labute approximate surface area is 280 Å². The van der Waals surface area contributed by atoms with Crippen molar-refractivity contribution in [3.63, 3.8) is 0 Å². The maximum atomic E-state index is 13.8. The second kappa shape index (κ2) is 16.8. The molecule has 0 bridgehead atoms. The molecule has 0 saturated carbocycles. The molecule has 248 valence electrons. The number of methoxy groups -OCH3 is 1. The lowest BCUT2D eigenvalue weighted by Crippen LogP contribution is -2.48. The van der Waals surface area contributed by atoms with Gasteiger partial charge in [-0.1, -0.05) is 72.8 Å². The van der Waals surface area contributed by atoms with E-state index >= 15 is 0 Å². The van der Waals surface area contributed by atoms with E-state index in [1.165, 1.54) is 7.11 Å². The largest absolute Gasteiger partial charge is 0.489 e. The number of amides is 2. The summed E-state index contributed by atoms with van der Waals surface area (Å²) < 4.78 is 16.4. The minimum absolute atomic E-state index is 0.145. The number of carbonyl (C=O) groups is 3. The van der Waals surface area contributed by atoms with E-state index in [-0.39, 0.29) is 17.9 Å². The molecule has 4 aromatic carbocycles. The Bertz CT molecular complexity index is 1720. The second-order valence-corrected chi connectivity index (χ2v) is 11.4. The van der Waals surface area contributed by atoms with Crippen molar-refractivity contribution in [2.45, 2.75) is 45.4 Å². The molecule has 10 heteroatoms. The number of amidine groups is 1. The van der Waals surface area contributed by atoms with Gasteiger partial charge in [0.1, 0.15) is 24.8 Å². The van der Waals surface area contributed by atoms with E-state index in [0.29, 0.717) is 29.4 Å². The van der Waals surface area contributed by atoms with Crippen LogP contribution < -0.4 is 15.4 Å². The molecule has 0 unspecified atom stereocenters. The van der Waals surface area contributed by atoms with E-state index in [1.807, 2.05) is 67.6 Å². The molecule has 2 amide bonds. The number of hydrogen-bond donors (Lipinski definition) is 2. The van der Waals surface area contributed by atoms with Crippen LogP contribution in [0.5, 0.6) is 5.75 Å². The fourth-order valence-electron chi connectivity index (χ4n) is 5.39. The molecular formula is C38H40N4O6. The molecule has 2 N–H and O–H groups in total. The molecule has 1 atom stereocenters. The zero-order valence-corrected chi connectivity index (χ0v) is 27.2. The van der Waals surface area contributed by atoms with Gasteiger partial charge in [0.2, 0.25) is 0 Å². The first-order valence-electron chi connectivity index (χ1n) is 16.0. The van der Waals surface area contributed by atoms with Gasteiger partial charge in [0, 0.05) is 13.1 Å². The lowest BCUT2D eigenvalue weighted by atomic mass is 10.1. The van der Waals surface area contributed by atoms with Gasteiger partial charge in [0.25, 0.3) is 5.91 Å². The van der Waals surface area contributed by atoms with Crippen LogP contribution in [0.2, 0.25) is 0 Å². The molecule has 4 aromatic rings. The Morgan fingerprint density at radius 1 is 0.792 bits per heavy atom. The minimum Gasteiger partial charge on any atom is -0.489 e. The van der Waals surface area contributed by atoms with Gasteiger partial charge in [-0.25, -0.2) is 14.6 Å². The molecular weight excluding hydrogens is 608 g/mol. The minimum atomic E-state index is -0.617. The molecule has 1 heterocycles. The molecule has 0 radical (unpaired) electrons. The van der Waals surface area contributed by atoms with Crippen LogP contribution in [0.1, 0.15) is 58.0 Å². The van der Waals surface area contributed by atoms with E-state index in [0.717, 1.165) is 43.5 Å². The average molecular weight is 649 g/mol. The topological polar surface area (TPSA) is 119 Å². The summed E-state index contributed by atoms with van der Waals surface area (Å²) in [7, 11) is 1.28. The van der Waals surface area contributed by atoms with E-state index in [2.05, 4.69) is 15.5 Å². The molecule has 10 nitrogen and oxygen atoms in total. The highest BCUT2D eigenvalue weighted by molar-refractivity contribution is 6.11. The summed E-state index contributed by atoms with van der Waals surface area (Å²) in [6, 6.07) is 30.4. The Kier molecular flexibility index (Phi) is 11.8. The number of carbonyl (C=O) groups excluding carboxylic acids is 3. The number of benzene rings is 4. The van der Waals surface area contributed by atoms with Gasteiger partial charge in [-0.2, -0.15) is 0 Å². The Balaban J connectivity index is 1.35. The van der Waals surface area contributed by atoms with Crippen LogP contribution in [0.4, 0.5) is 16.2 Å². The quantitative estimate of drug-likeness (QED) is 0.101.